The predicted molar refractivity (Wildman–Crippen MR) is 90.0 cm³/mol. The van der Waals surface area contributed by atoms with Gasteiger partial charge in [-0.15, -0.1) is 0 Å². The minimum Gasteiger partial charge on any atom is -0.0845 e. The van der Waals surface area contributed by atoms with E-state index in [1.165, 1.54) is 44.9 Å². The highest BCUT2D eigenvalue weighted by molar-refractivity contribution is 5.33. The van der Waals surface area contributed by atoms with Gasteiger partial charge in [0.15, 0.2) is 0 Å². The summed E-state index contributed by atoms with van der Waals surface area (Å²) in [6, 6.07) is 0. The second-order valence-electron chi connectivity index (χ2n) is 8.34. The van der Waals surface area contributed by atoms with Gasteiger partial charge in [0.1, 0.15) is 0 Å². The van der Waals surface area contributed by atoms with E-state index in [4.69, 9.17) is 0 Å². The number of rotatable bonds is 1. The Morgan fingerprint density at radius 3 is 2.81 bits per heavy atom. The van der Waals surface area contributed by atoms with E-state index in [1.807, 2.05) is 0 Å². The van der Waals surface area contributed by atoms with Crippen molar-refractivity contribution in [1.82, 2.24) is 0 Å². The Morgan fingerprint density at radius 2 is 2.00 bits per heavy atom. The van der Waals surface area contributed by atoms with Gasteiger partial charge in [0.25, 0.3) is 0 Å². The molecule has 0 bridgehead atoms. The van der Waals surface area contributed by atoms with Crippen LogP contribution in [0.3, 0.4) is 0 Å². The fourth-order valence-electron chi connectivity index (χ4n) is 6.54. The van der Waals surface area contributed by atoms with Crippen molar-refractivity contribution in [2.45, 2.75) is 65.7 Å². The van der Waals surface area contributed by atoms with Crippen LogP contribution in [0.4, 0.5) is 0 Å². The minimum atomic E-state index is 0.386. The number of hydrogen-bond donors (Lipinski definition) is 0. The Bertz CT molecular complexity index is 534. The molecule has 0 aromatic heterocycles. The standard InChI is InChI=1S/C21H30/c1-4-15-9-11-18-17-10-8-16-7-5-6-13-20(16,2)19(17)12-14-21(15,18)3/h6-7,9,13,17-19H,4-5,8,10-12,14H2,1-3H3/t17-,18-,19-,20-,21+/m0/s1. The fourth-order valence-corrected chi connectivity index (χ4v) is 6.54. The SMILES string of the molecule is CCC1=CC[C@H]2[C@@H]3CCC4=CCC=C[C@]4(C)[C@H]3CC[C@]12C. The summed E-state index contributed by atoms with van der Waals surface area (Å²) in [5.74, 6) is 2.78. The van der Waals surface area contributed by atoms with Crippen LogP contribution in [-0.2, 0) is 0 Å². The summed E-state index contributed by atoms with van der Waals surface area (Å²) >= 11 is 0. The third-order valence-electron chi connectivity index (χ3n) is 7.73. The quantitative estimate of drug-likeness (QED) is 0.513. The molecule has 0 heteroatoms. The topological polar surface area (TPSA) is 0 Å². The Kier molecular flexibility index (Phi) is 3.04. The Morgan fingerprint density at radius 1 is 1.14 bits per heavy atom. The van der Waals surface area contributed by atoms with E-state index in [-0.39, 0.29) is 0 Å². The molecular weight excluding hydrogens is 252 g/mol. The van der Waals surface area contributed by atoms with Gasteiger partial charge in [-0.25, -0.2) is 0 Å². The first-order valence-corrected chi connectivity index (χ1v) is 9.16. The van der Waals surface area contributed by atoms with E-state index in [0.717, 1.165) is 17.8 Å². The van der Waals surface area contributed by atoms with Crippen molar-refractivity contribution in [2.24, 2.45) is 28.6 Å². The van der Waals surface area contributed by atoms with Crippen molar-refractivity contribution in [3.63, 3.8) is 0 Å². The Labute approximate surface area is 130 Å². The monoisotopic (exact) mass is 282 g/mol. The molecule has 0 N–H and O–H groups in total. The van der Waals surface area contributed by atoms with Gasteiger partial charge < -0.3 is 0 Å². The summed E-state index contributed by atoms with van der Waals surface area (Å²) in [4.78, 5) is 0. The van der Waals surface area contributed by atoms with Crippen LogP contribution in [0.1, 0.15) is 65.7 Å². The maximum absolute atomic E-state index is 2.61. The molecule has 4 rings (SSSR count). The van der Waals surface area contributed by atoms with Gasteiger partial charge in [0, 0.05) is 5.41 Å². The van der Waals surface area contributed by atoms with Gasteiger partial charge in [-0.05, 0) is 68.1 Å². The Hall–Kier alpha value is -0.780. The summed E-state index contributed by atoms with van der Waals surface area (Å²) in [6.07, 6.45) is 19.6. The minimum absolute atomic E-state index is 0.386. The third kappa shape index (κ3) is 1.74. The zero-order valence-corrected chi connectivity index (χ0v) is 14.0. The van der Waals surface area contributed by atoms with Crippen LogP contribution in [0.5, 0.6) is 0 Å². The molecule has 0 saturated heterocycles. The molecule has 0 radical (unpaired) electrons. The van der Waals surface area contributed by atoms with Crippen molar-refractivity contribution >= 4 is 0 Å². The van der Waals surface area contributed by atoms with Gasteiger partial charge >= 0.3 is 0 Å². The van der Waals surface area contributed by atoms with Crippen LogP contribution in [0.2, 0.25) is 0 Å². The summed E-state index contributed by atoms with van der Waals surface area (Å²) in [6.45, 7) is 7.48. The van der Waals surface area contributed by atoms with Crippen LogP contribution >= 0.6 is 0 Å². The van der Waals surface area contributed by atoms with Crippen LogP contribution in [0.15, 0.2) is 35.5 Å². The molecule has 0 aromatic rings. The number of fused-ring (bicyclic) bond motifs is 5. The average molecular weight is 282 g/mol. The molecule has 21 heavy (non-hydrogen) atoms. The van der Waals surface area contributed by atoms with Gasteiger partial charge in [0.2, 0.25) is 0 Å². The van der Waals surface area contributed by atoms with Gasteiger partial charge in [-0.2, -0.15) is 0 Å². The number of hydrogen-bond acceptors (Lipinski definition) is 0. The van der Waals surface area contributed by atoms with Crippen LogP contribution < -0.4 is 0 Å². The first-order chi connectivity index (χ1) is 10.1. The van der Waals surface area contributed by atoms with Crippen molar-refractivity contribution in [3.8, 4) is 0 Å². The van der Waals surface area contributed by atoms with Gasteiger partial charge in [-0.1, -0.05) is 56.2 Å². The summed E-state index contributed by atoms with van der Waals surface area (Å²) in [7, 11) is 0. The first kappa shape index (κ1) is 13.9. The molecule has 0 unspecified atom stereocenters. The maximum Gasteiger partial charge on any atom is 0.00936 e. The summed E-state index contributed by atoms with van der Waals surface area (Å²) < 4.78 is 0. The summed E-state index contributed by atoms with van der Waals surface area (Å²) in [5.41, 5.74) is 4.46. The van der Waals surface area contributed by atoms with Crippen molar-refractivity contribution in [3.05, 3.63) is 35.5 Å². The van der Waals surface area contributed by atoms with E-state index in [1.54, 1.807) is 11.1 Å². The smallest absolute Gasteiger partial charge is 0.00936 e. The zero-order chi connectivity index (χ0) is 14.7. The lowest BCUT2D eigenvalue weighted by molar-refractivity contribution is -0.00693. The molecule has 5 atom stereocenters. The third-order valence-corrected chi connectivity index (χ3v) is 7.73. The highest BCUT2D eigenvalue weighted by Crippen LogP contribution is 2.64. The van der Waals surface area contributed by atoms with E-state index < -0.39 is 0 Å². The van der Waals surface area contributed by atoms with Gasteiger partial charge in [-0.3, -0.25) is 0 Å². The van der Waals surface area contributed by atoms with Crippen LogP contribution in [-0.4, -0.2) is 0 Å². The molecule has 0 amide bonds. The second-order valence-corrected chi connectivity index (χ2v) is 8.34. The normalized spacial score (nSPS) is 48.0. The van der Waals surface area contributed by atoms with Crippen LogP contribution in [0, 0.1) is 28.6 Å². The van der Waals surface area contributed by atoms with E-state index in [9.17, 15) is 0 Å². The molecule has 0 nitrogen and oxygen atoms in total. The first-order valence-electron chi connectivity index (χ1n) is 9.16. The lowest BCUT2D eigenvalue weighted by Gasteiger charge is -2.57. The highest BCUT2D eigenvalue weighted by Gasteiger charge is 2.55. The molecule has 0 aromatic carbocycles. The van der Waals surface area contributed by atoms with E-state index in [2.05, 4.69) is 45.1 Å². The molecule has 0 aliphatic heterocycles. The molecule has 0 spiro atoms. The molecule has 0 heterocycles. The lowest BCUT2D eigenvalue weighted by atomic mass is 9.48. The molecule has 2 saturated carbocycles. The molecular formula is C21H30. The number of allylic oxidation sites excluding steroid dienone is 6. The van der Waals surface area contributed by atoms with E-state index in [0.29, 0.717) is 10.8 Å². The lowest BCUT2D eigenvalue weighted by Crippen LogP contribution is -2.48. The Balaban J connectivity index is 1.68. The van der Waals surface area contributed by atoms with Crippen molar-refractivity contribution in [2.75, 3.05) is 0 Å². The second kappa shape index (κ2) is 4.61. The van der Waals surface area contributed by atoms with Crippen LogP contribution in [0.25, 0.3) is 0 Å². The molecule has 4 aliphatic carbocycles. The summed E-state index contributed by atoms with van der Waals surface area (Å²) in [5, 5.41) is 0. The average Bonchev–Trinajstić information content (AvgIpc) is 2.83. The maximum atomic E-state index is 2.61. The predicted octanol–water partition coefficient (Wildman–Crippen LogP) is 6.06. The molecule has 114 valence electrons. The zero-order valence-electron chi connectivity index (χ0n) is 14.0. The molecule has 4 aliphatic rings. The highest BCUT2D eigenvalue weighted by atomic mass is 14.6. The van der Waals surface area contributed by atoms with Crippen molar-refractivity contribution in [1.29, 1.82) is 0 Å². The fraction of sp³-hybridized carbons (Fsp3) is 0.714. The van der Waals surface area contributed by atoms with Gasteiger partial charge in [0.05, 0.1) is 0 Å². The van der Waals surface area contributed by atoms with E-state index >= 15 is 0 Å². The molecule has 2 fully saturated rings. The largest absolute Gasteiger partial charge is 0.0845 e. The van der Waals surface area contributed by atoms with Crippen molar-refractivity contribution < 1.29 is 0 Å².